The van der Waals surface area contributed by atoms with Crippen molar-refractivity contribution in [3.63, 3.8) is 0 Å². The van der Waals surface area contributed by atoms with Crippen LogP contribution in [-0.4, -0.2) is 44.6 Å². The molecule has 3 rings (SSSR count). The highest BCUT2D eigenvalue weighted by Gasteiger charge is 2.27. The Bertz CT molecular complexity index is 921. The summed E-state index contributed by atoms with van der Waals surface area (Å²) in [5, 5.41) is 6.30. The Morgan fingerprint density at radius 1 is 1.19 bits per heavy atom. The van der Waals surface area contributed by atoms with Gasteiger partial charge in [-0.1, -0.05) is 18.2 Å². The summed E-state index contributed by atoms with van der Waals surface area (Å²) in [6.45, 7) is 1.15. The lowest BCUT2D eigenvalue weighted by molar-refractivity contribution is -0.121. The molecule has 1 aliphatic rings. The van der Waals surface area contributed by atoms with Gasteiger partial charge >= 0.3 is 0 Å². The second-order valence-electron chi connectivity index (χ2n) is 7.53. The highest BCUT2D eigenvalue weighted by Crippen LogP contribution is 2.26. The molecule has 4 N–H and O–H groups in total. The number of hydrogen-bond acceptors (Lipinski definition) is 3. The number of anilines is 1. The van der Waals surface area contributed by atoms with Crippen molar-refractivity contribution in [2.24, 2.45) is 16.6 Å². The maximum absolute atomic E-state index is 14.0. The van der Waals surface area contributed by atoms with E-state index in [0.29, 0.717) is 31.9 Å². The molecule has 1 heterocycles. The molecule has 10 heteroatoms. The molecule has 32 heavy (non-hydrogen) atoms. The summed E-state index contributed by atoms with van der Waals surface area (Å²) in [7, 11) is 1.60. The number of hydrogen-bond donors (Lipinski definition) is 3. The van der Waals surface area contributed by atoms with E-state index in [2.05, 4.69) is 15.6 Å². The summed E-state index contributed by atoms with van der Waals surface area (Å²) in [5.74, 6) is -2.05. The van der Waals surface area contributed by atoms with Gasteiger partial charge in [0.15, 0.2) is 5.96 Å². The largest absolute Gasteiger partial charge is 0.369 e. The monoisotopic (exact) mass is 561 g/mol. The minimum atomic E-state index is -0.590. The number of carbonyl (C=O) groups excluding carboxylic acids is 1. The highest BCUT2D eigenvalue weighted by atomic mass is 127. The number of guanidine groups is 1. The summed E-state index contributed by atoms with van der Waals surface area (Å²) < 4.78 is 41.2. The van der Waals surface area contributed by atoms with Gasteiger partial charge in [-0.3, -0.25) is 9.79 Å². The zero-order valence-electron chi connectivity index (χ0n) is 17.7. The molecule has 2 unspecified atom stereocenters. The van der Waals surface area contributed by atoms with Gasteiger partial charge in [-0.15, -0.1) is 24.0 Å². The van der Waals surface area contributed by atoms with E-state index in [1.54, 1.807) is 24.1 Å². The first-order valence-electron chi connectivity index (χ1n) is 10.1. The van der Waals surface area contributed by atoms with E-state index in [4.69, 9.17) is 5.73 Å². The third-order valence-electron chi connectivity index (χ3n) is 5.32. The van der Waals surface area contributed by atoms with E-state index < -0.39 is 23.5 Å². The number of nitrogens with two attached hydrogens (primary N) is 1. The second-order valence-corrected chi connectivity index (χ2v) is 7.53. The standard InChI is InChI=1S/C22H26F3N5O.HI/c1-27-22(28-12-15(21(26)31)11-14-5-7-16(23)8-6-14)29-17-9-10-30(13-17)20-18(24)3-2-4-19(20)25;/h2-8,15,17H,9-13H2,1H3,(H2,26,31)(H2,27,28,29);1H. The van der Waals surface area contributed by atoms with Crippen LogP contribution in [0.4, 0.5) is 18.9 Å². The Morgan fingerprint density at radius 2 is 1.84 bits per heavy atom. The average Bonchev–Trinajstić information content (AvgIpc) is 3.19. The number of carbonyl (C=O) groups is 1. The summed E-state index contributed by atoms with van der Waals surface area (Å²) in [5.41, 5.74) is 6.30. The summed E-state index contributed by atoms with van der Waals surface area (Å²) >= 11 is 0. The normalized spacial score (nSPS) is 16.9. The summed E-state index contributed by atoms with van der Waals surface area (Å²) in [4.78, 5) is 17.7. The minimum absolute atomic E-state index is 0. The van der Waals surface area contributed by atoms with Gasteiger partial charge in [0, 0.05) is 32.7 Å². The number of rotatable bonds is 7. The molecule has 0 aliphatic carbocycles. The van der Waals surface area contributed by atoms with Crippen LogP contribution in [0.5, 0.6) is 0 Å². The molecule has 1 saturated heterocycles. The number of primary amides is 1. The first-order chi connectivity index (χ1) is 14.9. The van der Waals surface area contributed by atoms with E-state index in [1.165, 1.54) is 30.3 Å². The zero-order valence-corrected chi connectivity index (χ0v) is 20.0. The van der Waals surface area contributed by atoms with Crippen LogP contribution >= 0.6 is 24.0 Å². The van der Waals surface area contributed by atoms with Crippen LogP contribution in [-0.2, 0) is 11.2 Å². The molecule has 0 bridgehead atoms. The molecule has 0 radical (unpaired) electrons. The molecular formula is C22H27F3IN5O. The number of para-hydroxylation sites is 1. The Labute approximate surface area is 202 Å². The van der Waals surface area contributed by atoms with Gasteiger partial charge in [0.25, 0.3) is 0 Å². The topological polar surface area (TPSA) is 82.7 Å². The van der Waals surface area contributed by atoms with Crippen LogP contribution in [0.3, 0.4) is 0 Å². The Hall–Kier alpha value is -2.50. The predicted molar refractivity (Wildman–Crippen MR) is 130 cm³/mol. The van der Waals surface area contributed by atoms with Crippen molar-refractivity contribution in [1.29, 1.82) is 0 Å². The zero-order chi connectivity index (χ0) is 22.4. The lowest BCUT2D eigenvalue weighted by Gasteiger charge is -2.22. The molecule has 1 fully saturated rings. The molecule has 6 nitrogen and oxygen atoms in total. The second kappa shape index (κ2) is 11.9. The molecule has 0 saturated carbocycles. The van der Waals surface area contributed by atoms with Crippen LogP contribution in [0, 0.1) is 23.4 Å². The van der Waals surface area contributed by atoms with Crippen molar-refractivity contribution < 1.29 is 18.0 Å². The van der Waals surface area contributed by atoms with Crippen molar-refractivity contribution in [3.8, 4) is 0 Å². The summed E-state index contributed by atoms with van der Waals surface area (Å²) in [6.07, 6.45) is 1.03. The Kier molecular flexibility index (Phi) is 9.60. The van der Waals surface area contributed by atoms with Gasteiger partial charge in [0.1, 0.15) is 23.1 Å². The summed E-state index contributed by atoms with van der Waals surface area (Å²) in [6, 6.07) is 9.66. The van der Waals surface area contributed by atoms with Gasteiger partial charge in [-0.25, -0.2) is 13.2 Å². The van der Waals surface area contributed by atoms with E-state index >= 15 is 0 Å². The molecule has 174 valence electrons. The van der Waals surface area contributed by atoms with Gasteiger partial charge in [0.05, 0.1) is 5.92 Å². The molecule has 2 aromatic carbocycles. The molecule has 2 aromatic rings. The van der Waals surface area contributed by atoms with Crippen LogP contribution in [0.2, 0.25) is 0 Å². The molecule has 0 spiro atoms. The fourth-order valence-corrected chi connectivity index (χ4v) is 3.66. The molecule has 1 amide bonds. The molecular weight excluding hydrogens is 534 g/mol. The van der Waals surface area contributed by atoms with Crippen molar-refractivity contribution in [2.75, 3.05) is 31.6 Å². The van der Waals surface area contributed by atoms with E-state index in [9.17, 15) is 18.0 Å². The number of nitrogens with zero attached hydrogens (tertiary/aromatic N) is 2. The molecule has 0 aromatic heterocycles. The maximum atomic E-state index is 14.0. The predicted octanol–water partition coefficient (Wildman–Crippen LogP) is 2.81. The lowest BCUT2D eigenvalue weighted by Crippen LogP contribution is -2.47. The van der Waals surface area contributed by atoms with Crippen LogP contribution in [0.25, 0.3) is 0 Å². The number of benzene rings is 2. The fourth-order valence-electron chi connectivity index (χ4n) is 3.66. The number of aliphatic imine (C=N–C) groups is 1. The third kappa shape index (κ3) is 6.75. The maximum Gasteiger partial charge on any atom is 0.222 e. The van der Waals surface area contributed by atoms with Crippen molar-refractivity contribution in [3.05, 3.63) is 65.5 Å². The SMILES string of the molecule is CN=C(NCC(Cc1ccc(F)cc1)C(N)=O)NC1CCN(c2c(F)cccc2F)C1.I. The van der Waals surface area contributed by atoms with Gasteiger partial charge in [-0.2, -0.15) is 0 Å². The minimum Gasteiger partial charge on any atom is -0.369 e. The number of nitrogens with one attached hydrogen (secondary N) is 2. The lowest BCUT2D eigenvalue weighted by atomic mass is 9.98. The Morgan fingerprint density at radius 3 is 2.44 bits per heavy atom. The first-order valence-corrected chi connectivity index (χ1v) is 10.1. The van der Waals surface area contributed by atoms with Crippen molar-refractivity contribution in [2.45, 2.75) is 18.9 Å². The molecule has 2 atom stereocenters. The van der Waals surface area contributed by atoms with E-state index in [1.807, 2.05) is 0 Å². The van der Waals surface area contributed by atoms with Crippen LogP contribution in [0.1, 0.15) is 12.0 Å². The van der Waals surface area contributed by atoms with Gasteiger partial charge in [-0.05, 0) is 42.7 Å². The van der Waals surface area contributed by atoms with E-state index in [0.717, 1.165) is 5.56 Å². The molecule has 1 aliphatic heterocycles. The van der Waals surface area contributed by atoms with E-state index in [-0.39, 0.29) is 48.1 Å². The number of halogens is 4. The average molecular weight is 561 g/mol. The smallest absolute Gasteiger partial charge is 0.222 e. The van der Waals surface area contributed by atoms with Gasteiger partial charge in [0.2, 0.25) is 5.91 Å². The quantitative estimate of drug-likeness (QED) is 0.276. The van der Waals surface area contributed by atoms with Crippen LogP contribution in [0.15, 0.2) is 47.5 Å². The first kappa shape index (κ1) is 25.8. The Balaban J connectivity index is 0.00000363. The van der Waals surface area contributed by atoms with Crippen molar-refractivity contribution >= 4 is 41.5 Å². The third-order valence-corrected chi connectivity index (χ3v) is 5.32. The fraction of sp³-hybridized carbons (Fsp3) is 0.364. The van der Waals surface area contributed by atoms with Crippen LogP contribution < -0.4 is 21.3 Å². The number of amides is 1. The van der Waals surface area contributed by atoms with Crippen molar-refractivity contribution in [1.82, 2.24) is 10.6 Å². The van der Waals surface area contributed by atoms with Gasteiger partial charge < -0.3 is 21.3 Å². The highest BCUT2D eigenvalue weighted by molar-refractivity contribution is 14.0.